The number of carbonyl (C=O) groups is 1. The van der Waals surface area contributed by atoms with Gasteiger partial charge in [-0.2, -0.15) is 13.2 Å². The lowest BCUT2D eigenvalue weighted by molar-refractivity contribution is -0.384. The monoisotopic (exact) mass is 338 g/mol. The molecule has 0 spiro atoms. The van der Waals surface area contributed by atoms with Crippen LogP contribution in [0.1, 0.15) is 22.3 Å². The van der Waals surface area contributed by atoms with Crippen molar-refractivity contribution in [3.05, 3.63) is 69.8 Å². The van der Waals surface area contributed by atoms with Crippen molar-refractivity contribution in [3.63, 3.8) is 0 Å². The maximum atomic E-state index is 12.4. The number of nitrogens with one attached hydrogen (secondary N) is 1. The molecule has 0 unspecified atom stereocenters. The van der Waals surface area contributed by atoms with E-state index in [-0.39, 0.29) is 30.0 Å². The Morgan fingerprint density at radius 2 is 1.79 bits per heavy atom. The molecule has 2 rings (SSSR count). The third-order valence-electron chi connectivity index (χ3n) is 3.27. The van der Waals surface area contributed by atoms with Gasteiger partial charge >= 0.3 is 6.18 Å². The number of non-ortho nitro benzene ring substituents is 1. The number of Topliss-reactive ketones (excluding diaryl/α,β-unsaturated/α-hetero) is 1. The van der Waals surface area contributed by atoms with Gasteiger partial charge in [-0.05, 0) is 24.3 Å². The molecule has 0 radical (unpaired) electrons. The molecule has 0 aromatic heterocycles. The summed E-state index contributed by atoms with van der Waals surface area (Å²) in [6.07, 6.45) is -4.33. The van der Waals surface area contributed by atoms with Gasteiger partial charge in [-0.1, -0.05) is 12.1 Å². The number of nitro benzene ring substituents is 1. The first-order chi connectivity index (χ1) is 11.3. The Balaban J connectivity index is 1.91. The Morgan fingerprint density at radius 3 is 2.38 bits per heavy atom. The number of benzene rings is 2. The molecule has 0 heterocycles. The van der Waals surface area contributed by atoms with E-state index in [0.717, 1.165) is 12.1 Å². The van der Waals surface area contributed by atoms with Crippen LogP contribution in [0.5, 0.6) is 0 Å². The molecule has 0 fully saturated rings. The Hall–Kier alpha value is -2.90. The van der Waals surface area contributed by atoms with E-state index in [9.17, 15) is 28.1 Å². The molecule has 0 saturated heterocycles. The molecule has 0 aliphatic heterocycles. The van der Waals surface area contributed by atoms with Gasteiger partial charge in [0.2, 0.25) is 0 Å². The average molecular weight is 338 g/mol. The fourth-order valence-electron chi connectivity index (χ4n) is 2.03. The Morgan fingerprint density at radius 1 is 1.12 bits per heavy atom. The molecular formula is C16H13F3N2O3. The maximum absolute atomic E-state index is 12.4. The van der Waals surface area contributed by atoms with Crippen molar-refractivity contribution >= 4 is 17.2 Å². The second kappa shape index (κ2) is 7.12. The van der Waals surface area contributed by atoms with Crippen LogP contribution in [0.3, 0.4) is 0 Å². The summed E-state index contributed by atoms with van der Waals surface area (Å²) >= 11 is 0. The van der Waals surface area contributed by atoms with Gasteiger partial charge in [0.15, 0.2) is 5.78 Å². The van der Waals surface area contributed by atoms with E-state index in [1.165, 1.54) is 36.4 Å². The highest BCUT2D eigenvalue weighted by molar-refractivity contribution is 5.96. The van der Waals surface area contributed by atoms with Crippen LogP contribution in [-0.4, -0.2) is 17.3 Å². The number of ketones is 1. The molecule has 5 nitrogen and oxygen atoms in total. The van der Waals surface area contributed by atoms with E-state index < -0.39 is 16.7 Å². The van der Waals surface area contributed by atoms with Crippen molar-refractivity contribution in [2.24, 2.45) is 0 Å². The summed E-state index contributed by atoms with van der Waals surface area (Å²) in [5.41, 5.74) is -0.245. The molecule has 2 aromatic carbocycles. The van der Waals surface area contributed by atoms with Crippen LogP contribution in [0.15, 0.2) is 48.5 Å². The number of hydrogen-bond donors (Lipinski definition) is 1. The first-order valence-electron chi connectivity index (χ1n) is 6.96. The lowest BCUT2D eigenvalue weighted by Crippen LogP contribution is -2.10. The van der Waals surface area contributed by atoms with Crippen molar-refractivity contribution in [2.45, 2.75) is 12.6 Å². The Bertz CT molecular complexity index is 743. The first kappa shape index (κ1) is 17.5. The summed E-state index contributed by atoms with van der Waals surface area (Å²) in [5.74, 6) is -0.293. The number of nitrogens with zero attached hydrogens (tertiary/aromatic N) is 1. The fraction of sp³-hybridized carbons (Fsp3) is 0.188. The number of hydrogen-bond acceptors (Lipinski definition) is 4. The molecule has 8 heteroatoms. The number of halogens is 3. The molecule has 0 aliphatic carbocycles. The van der Waals surface area contributed by atoms with E-state index in [2.05, 4.69) is 5.32 Å². The molecule has 126 valence electrons. The van der Waals surface area contributed by atoms with Gasteiger partial charge in [-0.3, -0.25) is 14.9 Å². The fourth-order valence-corrected chi connectivity index (χ4v) is 2.03. The van der Waals surface area contributed by atoms with Crippen molar-refractivity contribution < 1.29 is 22.9 Å². The highest BCUT2D eigenvalue weighted by Crippen LogP contribution is 2.29. The molecule has 0 bridgehead atoms. The molecule has 0 amide bonds. The smallest absolute Gasteiger partial charge is 0.385 e. The van der Waals surface area contributed by atoms with Gasteiger partial charge < -0.3 is 5.32 Å². The van der Waals surface area contributed by atoms with Crippen molar-refractivity contribution in [1.29, 1.82) is 0 Å². The van der Waals surface area contributed by atoms with Gasteiger partial charge in [0.1, 0.15) is 0 Å². The van der Waals surface area contributed by atoms with Crippen LogP contribution in [0.4, 0.5) is 24.5 Å². The zero-order valence-electron chi connectivity index (χ0n) is 12.3. The predicted octanol–water partition coefficient (Wildman–Crippen LogP) is 4.30. The average Bonchev–Trinajstić information content (AvgIpc) is 2.54. The van der Waals surface area contributed by atoms with E-state index >= 15 is 0 Å². The number of nitro groups is 1. The number of anilines is 1. The minimum Gasteiger partial charge on any atom is -0.385 e. The zero-order chi connectivity index (χ0) is 17.7. The lowest BCUT2D eigenvalue weighted by atomic mass is 10.1. The molecule has 24 heavy (non-hydrogen) atoms. The van der Waals surface area contributed by atoms with Crippen LogP contribution in [0.25, 0.3) is 0 Å². The minimum absolute atomic E-state index is 0.0577. The van der Waals surface area contributed by atoms with Crippen LogP contribution in [0, 0.1) is 10.1 Å². The summed E-state index contributed by atoms with van der Waals surface area (Å²) in [6, 6.07) is 9.84. The van der Waals surface area contributed by atoms with Crippen LogP contribution < -0.4 is 5.32 Å². The largest absolute Gasteiger partial charge is 0.416 e. The first-order valence-corrected chi connectivity index (χ1v) is 6.96. The highest BCUT2D eigenvalue weighted by atomic mass is 19.4. The summed E-state index contributed by atoms with van der Waals surface area (Å²) in [4.78, 5) is 22.1. The van der Waals surface area contributed by atoms with Crippen molar-refractivity contribution in [3.8, 4) is 0 Å². The zero-order valence-corrected chi connectivity index (χ0v) is 12.3. The lowest BCUT2D eigenvalue weighted by Gasteiger charge is -2.09. The van der Waals surface area contributed by atoms with Gasteiger partial charge in [-0.15, -0.1) is 0 Å². The quantitative estimate of drug-likeness (QED) is 0.484. The number of rotatable bonds is 6. The van der Waals surface area contributed by atoms with Crippen molar-refractivity contribution in [2.75, 3.05) is 11.9 Å². The summed E-state index contributed by atoms with van der Waals surface area (Å²) in [6.45, 7) is 0.201. The van der Waals surface area contributed by atoms with Crippen LogP contribution >= 0.6 is 0 Å². The minimum atomic E-state index is -4.39. The van der Waals surface area contributed by atoms with Gasteiger partial charge in [0.05, 0.1) is 10.5 Å². The predicted molar refractivity (Wildman–Crippen MR) is 82.0 cm³/mol. The van der Waals surface area contributed by atoms with Gasteiger partial charge in [0.25, 0.3) is 5.69 Å². The molecule has 1 N–H and O–H groups in total. The summed E-state index contributed by atoms with van der Waals surface area (Å²) < 4.78 is 37.3. The van der Waals surface area contributed by atoms with E-state index in [1.54, 1.807) is 0 Å². The van der Waals surface area contributed by atoms with Gasteiger partial charge in [-0.25, -0.2) is 0 Å². The summed E-state index contributed by atoms with van der Waals surface area (Å²) in [5, 5.41) is 13.5. The van der Waals surface area contributed by atoms with E-state index in [0.29, 0.717) is 5.69 Å². The second-order valence-electron chi connectivity index (χ2n) is 4.98. The normalized spacial score (nSPS) is 11.1. The van der Waals surface area contributed by atoms with E-state index in [1.807, 2.05) is 0 Å². The van der Waals surface area contributed by atoms with Crippen molar-refractivity contribution in [1.82, 2.24) is 0 Å². The molecule has 0 aliphatic rings. The third kappa shape index (κ3) is 4.55. The topological polar surface area (TPSA) is 72.2 Å². The van der Waals surface area contributed by atoms with Gasteiger partial charge in [0, 0.05) is 36.3 Å². The summed E-state index contributed by atoms with van der Waals surface area (Å²) in [7, 11) is 0. The number of alkyl halides is 3. The highest BCUT2D eigenvalue weighted by Gasteiger charge is 2.29. The maximum Gasteiger partial charge on any atom is 0.416 e. The van der Waals surface area contributed by atoms with Crippen LogP contribution in [0.2, 0.25) is 0 Å². The Kier molecular flexibility index (Phi) is 5.18. The van der Waals surface area contributed by atoms with E-state index in [4.69, 9.17) is 0 Å². The molecule has 0 saturated carbocycles. The second-order valence-corrected chi connectivity index (χ2v) is 4.98. The SMILES string of the molecule is O=C(CCNc1ccc(C(F)(F)F)cc1)c1cccc([N+](=O)[O-])c1. The van der Waals surface area contributed by atoms with Crippen LogP contribution in [-0.2, 0) is 6.18 Å². The molecule has 2 aromatic rings. The number of carbonyl (C=O) groups excluding carboxylic acids is 1. The Labute approximate surface area is 135 Å². The molecule has 0 atom stereocenters. The standard InChI is InChI=1S/C16H13F3N2O3/c17-16(18,19)12-4-6-13(7-5-12)20-9-8-15(22)11-2-1-3-14(10-11)21(23)24/h1-7,10,20H,8-9H2. The third-order valence-corrected chi connectivity index (χ3v) is 3.27. The molecular weight excluding hydrogens is 325 g/mol.